The number of nitrogens with one attached hydrogen (secondary N) is 1. The zero-order valence-corrected chi connectivity index (χ0v) is 27.2. The van der Waals surface area contributed by atoms with Gasteiger partial charge in [-0.3, -0.25) is 19.8 Å². The minimum Gasteiger partial charge on any atom is -0.356 e. The van der Waals surface area contributed by atoms with Gasteiger partial charge in [0.15, 0.2) is 0 Å². The molecular formula is C38H43ClFN3O3. The lowest BCUT2D eigenvalue weighted by Gasteiger charge is -2.38. The van der Waals surface area contributed by atoms with Crippen molar-refractivity contribution in [3.8, 4) is 0 Å². The number of rotatable bonds is 14. The quantitative estimate of drug-likeness (QED) is 0.0851. The van der Waals surface area contributed by atoms with Gasteiger partial charge < -0.3 is 5.32 Å². The molecule has 1 atom stereocenters. The third-order valence-electron chi connectivity index (χ3n) is 9.36. The van der Waals surface area contributed by atoms with Crippen molar-refractivity contribution in [3.05, 3.63) is 147 Å². The van der Waals surface area contributed by atoms with E-state index in [-0.39, 0.29) is 46.2 Å². The van der Waals surface area contributed by atoms with Crippen LogP contribution in [0.4, 0.5) is 10.1 Å². The third kappa shape index (κ3) is 8.59. The number of non-ortho nitro benzene ring substituents is 1. The Morgan fingerprint density at radius 1 is 0.935 bits per heavy atom. The molecule has 5 rings (SSSR count). The average Bonchev–Trinajstić information content (AvgIpc) is 3.07. The Morgan fingerprint density at radius 3 is 2.20 bits per heavy atom. The smallest absolute Gasteiger partial charge is 0.269 e. The van der Waals surface area contributed by atoms with E-state index in [0.29, 0.717) is 19.4 Å². The molecule has 0 radical (unpaired) electrons. The number of halogens is 2. The van der Waals surface area contributed by atoms with Crippen molar-refractivity contribution in [2.75, 3.05) is 19.6 Å². The second kappa shape index (κ2) is 16.5. The summed E-state index contributed by atoms with van der Waals surface area (Å²) in [5.41, 5.74) is 5.67. The third-order valence-corrected chi connectivity index (χ3v) is 9.36. The van der Waals surface area contributed by atoms with Crippen molar-refractivity contribution in [3.63, 3.8) is 0 Å². The van der Waals surface area contributed by atoms with Gasteiger partial charge in [0, 0.05) is 43.1 Å². The first-order valence-corrected chi connectivity index (χ1v) is 16.0. The Balaban J connectivity index is 0.00000480. The van der Waals surface area contributed by atoms with Crippen molar-refractivity contribution >= 4 is 24.0 Å². The van der Waals surface area contributed by atoms with Crippen LogP contribution in [0.1, 0.15) is 72.9 Å². The standard InChI is InChI=1S/C38H42FN3O3.ClH/c1-29-36-28-35(42(44)45)20-17-31(36)22-27-41(29)26-9-24-38(32-10-4-2-5-11-32,33-12-6-3-7-13-33)23-8-25-40-37(43)21-16-30-14-18-34(39)19-15-30;/h2-7,10-15,17-20,28-29H,8-9,16,21-27H2,1H3,(H,40,43);1H. The van der Waals surface area contributed by atoms with Gasteiger partial charge in [0.2, 0.25) is 5.91 Å². The Hall–Kier alpha value is -4.07. The maximum absolute atomic E-state index is 13.2. The van der Waals surface area contributed by atoms with Gasteiger partial charge >= 0.3 is 0 Å². The molecule has 0 saturated carbocycles. The van der Waals surface area contributed by atoms with Crippen molar-refractivity contribution in [1.82, 2.24) is 10.2 Å². The number of hydrogen-bond donors (Lipinski definition) is 1. The zero-order valence-electron chi connectivity index (χ0n) is 26.4. The van der Waals surface area contributed by atoms with Crippen LogP contribution in [-0.2, 0) is 23.1 Å². The van der Waals surface area contributed by atoms with Crippen LogP contribution in [0.2, 0.25) is 0 Å². The summed E-state index contributed by atoms with van der Waals surface area (Å²) < 4.78 is 13.2. The maximum atomic E-state index is 13.2. The van der Waals surface area contributed by atoms with Gasteiger partial charge in [-0.05, 0) is 91.9 Å². The lowest BCUT2D eigenvalue weighted by atomic mass is 9.68. The van der Waals surface area contributed by atoms with Crippen molar-refractivity contribution in [1.29, 1.82) is 0 Å². The van der Waals surface area contributed by atoms with E-state index >= 15 is 0 Å². The molecule has 0 aromatic heterocycles. The SMILES string of the molecule is CC1c2cc([N+](=O)[O-])ccc2CCN1CCCC(CCCNC(=O)CCc1ccc(F)cc1)(c1ccccc1)c1ccccc1.Cl. The molecule has 0 bridgehead atoms. The summed E-state index contributed by atoms with van der Waals surface area (Å²) in [6.07, 6.45) is 5.44. The molecule has 1 unspecified atom stereocenters. The molecule has 1 heterocycles. The molecule has 0 fully saturated rings. The zero-order chi connectivity index (χ0) is 31.6. The first-order valence-electron chi connectivity index (χ1n) is 16.0. The van der Waals surface area contributed by atoms with Gasteiger partial charge in [0.1, 0.15) is 5.82 Å². The molecule has 242 valence electrons. The molecule has 4 aromatic rings. The number of carbonyl (C=O) groups excluding carboxylic acids is 1. The van der Waals surface area contributed by atoms with Crippen LogP contribution >= 0.6 is 12.4 Å². The lowest BCUT2D eigenvalue weighted by molar-refractivity contribution is -0.385. The predicted octanol–water partition coefficient (Wildman–Crippen LogP) is 8.37. The normalized spacial score (nSPS) is 14.6. The highest BCUT2D eigenvalue weighted by Crippen LogP contribution is 2.41. The number of fused-ring (bicyclic) bond motifs is 1. The number of nitro groups is 1. The van der Waals surface area contributed by atoms with E-state index in [4.69, 9.17) is 0 Å². The van der Waals surface area contributed by atoms with Crippen LogP contribution in [-0.4, -0.2) is 35.4 Å². The first kappa shape index (κ1) is 34.8. The van der Waals surface area contributed by atoms with Crippen LogP contribution in [0.25, 0.3) is 0 Å². The number of amides is 1. The van der Waals surface area contributed by atoms with Gasteiger partial charge in [-0.2, -0.15) is 0 Å². The van der Waals surface area contributed by atoms with Gasteiger partial charge in [-0.15, -0.1) is 12.4 Å². The van der Waals surface area contributed by atoms with Crippen LogP contribution in [0.3, 0.4) is 0 Å². The summed E-state index contributed by atoms with van der Waals surface area (Å²) in [6, 6.07) is 33.0. The van der Waals surface area contributed by atoms with Crippen LogP contribution in [0, 0.1) is 15.9 Å². The fraction of sp³-hybridized carbons (Fsp3) is 0.342. The molecule has 1 aliphatic heterocycles. The highest BCUT2D eigenvalue weighted by Gasteiger charge is 2.34. The Labute approximate surface area is 277 Å². The van der Waals surface area contributed by atoms with Crippen LogP contribution in [0.15, 0.2) is 103 Å². The predicted molar refractivity (Wildman–Crippen MR) is 184 cm³/mol. The molecular weight excluding hydrogens is 601 g/mol. The summed E-state index contributed by atoms with van der Waals surface area (Å²) in [4.78, 5) is 26.2. The minimum atomic E-state index is -0.312. The van der Waals surface area contributed by atoms with E-state index in [1.807, 2.05) is 18.2 Å². The second-order valence-electron chi connectivity index (χ2n) is 12.1. The molecule has 46 heavy (non-hydrogen) atoms. The molecule has 1 aliphatic rings. The van der Waals surface area contributed by atoms with E-state index < -0.39 is 0 Å². The van der Waals surface area contributed by atoms with E-state index in [2.05, 4.69) is 65.7 Å². The van der Waals surface area contributed by atoms with E-state index in [1.54, 1.807) is 24.3 Å². The Kier molecular flexibility index (Phi) is 12.5. The Bertz CT molecular complexity index is 1530. The van der Waals surface area contributed by atoms with Gasteiger partial charge in [0.05, 0.1) is 4.92 Å². The fourth-order valence-corrected chi connectivity index (χ4v) is 6.85. The van der Waals surface area contributed by atoms with E-state index in [1.165, 1.54) is 28.8 Å². The van der Waals surface area contributed by atoms with E-state index in [9.17, 15) is 19.3 Å². The maximum Gasteiger partial charge on any atom is 0.269 e. The minimum absolute atomic E-state index is 0. The van der Waals surface area contributed by atoms with Crippen LogP contribution in [0.5, 0.6) is 0 Å². The highest BCUT2D eigenvalue weighted by molar-refractivity contribution is 5.85. The largest absolute Gasteiger partial charge is 0.356 e. The molecule has 1 amide bonds. The van der Waals surface area contributed by atoms with Crippen LogP contribution < -0.4 is 5.32 Å². The van der Waals surface area contributed by atoms with Gasteiger partial charge in [0.25, 0.3) is 5.69 Å². The number of nitrogens with zero attached hydrogens (tertiary/aromatic N) is 2. The second-order valence-corrected chi connectivity index (χ2v) is 12.1. The molecule has 4 aromatic carbocycles. The van der Waals surface area contributed by atoms with Crippen molar-refractivity contribution < 1.29 is 14.1 Å². The number of nitro benzene ring substituents is 1. The number of hydrogen-bond acceptors (Lipinski definition) is 4. The molecule has 0 saturated heterocycles. The summed E-state index contributed by atoms with van der Waals surface area (Å²) >= 11 is 0. The van der Waals surface area contributed by atoms with Crippen molar-refractivity contribution in [2.24, 2.45) is 0 Å². The summed E-state index contributed by atoms with van der Waals surface area (Å²) in [6.45, 7) is 4.56. The molecule has 0 spiro atoms. The molecule has 8 heteroatoms. The summed E-state index contributed by atoms with van der Waals surface area (Å²) in [5.74, 6) is -0.269. The Morgan fingerprint density at radius 2 is 1.57 bits per heavy atom. The number of aryl methyl sites for hydroxylation is 1. The molecule has 1 N–H and O–H groups in total. The van der Waals surface area contributed by atoms with Gasteiger partial charge in [-0.25, -0.2) is 4.39 Å². The van der Waals surface area contributed by atoms with Gasteiger partial charge in [-0.1, -0.05) is 78.9 Å². The fourth-order valence-electron chi connectivity index (χ4n) is 6.85. The molecule has 0 aliphatic carbocycles. The average molecular weight is 644 g/mol. The summed E-state index contributed by atoms with van der Waals surface area (Å²) in [7, 11) is 0. The number of carbonyl (C=O) groups is 1. The first-order chi connectivity index (χ1) is 21.9. The topological polar surface area (TPSA) is 75.5 Å². The highest BCUT2D eigenvalue weighted by atomic mass is 35.5. The lowest BCUT2D eigenvalue weighted by Crippen LogP contribution is -2.36. The van der Waals surface area contributed by atoms with Crippen molar-refractivity contribution in [2.45, 2.75) is 63.3 Å². The van der Waals surface area contributed by atoms with E-state index in [0.717, 1.165) is 56.3 Å². The number of benzene rings is 4. The monoisotopic (exact) mass is 643 g/mol. The molecule has 6 nitrogen and oxygen atoms in total. The summed E-state index contributed by atoms with van der Waals surface area (Å²) in [5, 5.41) is 14.5.